The predicted octanol–water partition coefficient (Wildman–Crippen LogP) is 4.55. The highest BCUT2D eigenvalue weighted by molar-refractivity contribution is 5.85. The summed E-state index contributed by atoms with van der Waals surface area (Å²) in [5, 5.41) is 11.8. The van der Waals surface area contributed by atoms with Crippen molar-refractivity contribution in [1.82, 2.24) is 0 Å². The van der Waals surface area contributed by atoms with E-state index in [2.05, 4.69) is 5.32 Å². The van der Waals surface area contributed by atoms with Gasteiger partial charge in [0.2, 0.25) is 0 Å². The number of aromatic hydroxyl groups is 1. The van der Waals surface area contributed by atoms with Crippen LogP contribution in [0.15, 0.2) is 42.5 Å². The molecule has 0 spiro atoms. The maximum Gasteiger partial charge on any atom is 0.412 e. The number of halogens is 1. The molecule has 116 valence electrons. The summed E-state index contributed by atoms with van der Waals surface area (Å²) in [6.07, 6.45) is -0.545. The Morgan fingerprint density at radius 1 is 1.14 bits per heavy atom. The first-order valence-electron chi connectivity index (χ1n) is 6.83. The second kappa shape index (κ2) is 6.05. The number of carbonyl (C=O) groups is 1. The summed E-state index contributed by atoms with van der Waals surface area (Å²) in [5.74, 6) is -0.627. The standard InChI is InChI=1S/C17H18FNO3/c1-17(2,3)22-16(21)19-12-6-4-11(5-7-12)14-9-8-13(20)10-15(14)18/h4-10,20H,1-3H3,(H,19,21). The average Bonchev–Trinajstić information content (AvgIpc) is 2.38. The van der Waals surface area contributed by atoms with Gasteiger partial charge in [0, 0.05) is 17.3 Å². The highest BCUT2D eigenvalue weighted by atomic mass is 19.1. The van der Waals surface area contributed by atoms with Crippen LogP contribution in [0.1, 0.15) is 20.8 Å². The van der Waals surface area contributed by atoms with Crippen molar-refractivity contribution in [2.24, 2.45) is 0 Å². The molecule has 0 aromatic heterocycles. The van der Waals surface area contributed by atoms with Gasteiger partial charge in [0.25, 0.3) is 0 Å². The van der Waals surface area contributed by atoms with Crippen LogP contribution in [-0.2, 0) is 4.74 Å². The summed E-state index contributed by atoms with van der Waals surface area (Å²) in [6, 6.07) is 10.7. The van der Waals surface area contributed by atoms with Gasteiger partial charge < -0.3 is 9.84 Å². The molecule has 2 rings (SSSR count). The number of nitrogens with one attached hydrogen (secondary N) is 1. The van der Waals surface area contributed by atoms with E-state index < -0.39 is 17.5 Å². The zero-order chi connectivity index (χ0) is 16.3. The van der Waals surface area contributed by atoms with Crippen molar-refractivity contribution in [3.05, 3.63) is 48.3 Å². The Bertz CT molecular complexity index is 675. The van der Waals surface area contributed by atoms with E-state index in [4.69, 9.17) is 4.74 Å². The summed E-state index contributed by atoms with van der Waals surface area (Å²) in [6.45, 7) is 5.34. The van der Waals surface area contributed by atoms with Crippen LogP contribution in [0.2, 0.25) is 0 Å². The van der Waals surface area contributed by atoms with Crippen LogP contribution in [0.4, 0.5) is 14.9 Å². The molecule has 0 aliphatic rings. The number of amides is 1. The second-order valence-electron chi connectivity index (χ2n) is 5.87. The van der Waals surface area contributed by atoms with Crippen LogP contribution in [0, 0.1) is 5.82 Å². The summed E-state index contributed by atoms with van der Waals surface area (Å²) in [4.78, 5) is 11.7. The molecule has 0 saturated carbocycles. The van der Waals surface area contributed by atoms with E-state index in [0.717, 1.165) is 6.07 Å². The zero-order valence-electron chi connectivity index (χ0n) is 12.7. The van der Waals surface area contributed by atoms with Crippen molar-refractivity contribution in [3.63, 3.8) is 0 Å². The van der Waals surface area contributed by atoms with Crippen molar-refractivity contribution >= 4 is 11.8 Å². The maximum atomic E-state index is 13.8. The second-order valence-corrected chi connectivity index (χ2v) is 5.87. The molecule has 2 N–H and O–H groups in total. The highest BCUT2D eigenvalue weighted by Gasteiger charge is 2.16. The molecular weight excluding hydrogens is 285 g/mol. The quantitative estimate of drug-likeness (QED) is 0.856. The van der Waals surface area contributed by atoms with Crippen molar-refractivity contribution in [2.45, 2.75) is 26.4 Å². The highest BCUT2D eigenvalue weighted by Crippen LogP contribution is 2.27. The van der Waals surface area contributed by atoms with E-state index in [0.29, 0.717) is 16.8 Å². The minimum atomic E-state index is -0.570. The number of anilines is 1. The monoisotopic (exact) mass is 303 g/mol. The normalized spacial score (nSPS) is 11.1. The third-order valence-electron chi connectivity index (χ3n) is 2.79. The van der Waals surface area contributed by atoms with Crippen LogP contribution < -0.4 is 5.32 Å². The van der Waals surface area contributed by atoms with Gasteiger partial charge in [0.15, 0.2) is 0 Å². The number of carbonyl (C=O) groups excluding carboxylic acids is 1. The minimum Gasteiger partial charge on any atom is -0.508 e. The smallest absolute Gasteiger partial charge is 0.412 e. The lowest BCUT2D eigenvalue weighted by Crippen LogP contribution is -2.27. The lowest BCUT2D eigenvalue weighted by Gasteiger charge is -2.19. The first-order chi connectivity index (χ1) is 10.2. The Kier molecular flexibility index (Phi) is 4.35. The molecule has 0 saturated heterocycles. The third-order valence-corrected chi connectivity index (χ3v) is 2.79. The number of hydrogen-bond acceptors (Lipinski definition) is 3. The van der Waals surface area contributed by atoms with Crippen molar-refractivity contribution in [3.8, 4) is 16.9 Å². The molecule has 2 aromatic rings. The summed E-state index contributed by atoms with van der Waals surface area (Å²) in [7, 11) is 0. The van der Waals surface area contributed by atoms with Crippen LogP contribution >= 0.6 is 0 Å². The molecule has 1 amide bonds. The maximum absolute atomic E-state index is 13.8. The topological polar surface area (TPSA) is 58.6 Å². The molecule has 0 heterocycles. The summed E-state index contributed by atoms with van der Waals surface area (Å²) < 4.78 is 18.9. The largest absolute Gasteiger partial charge is 0.508 e. The first kappa shape index (κ1) is 15.8. The van der Waals surface area contributed by atoms with Gasteiger partial charge in [-0.1, -0.05) is 12.1 Å². The van der Waals surface area contributed by atoms with Crippen LogP contribution in [0.25, 0.3) is 11.1 Å². The number of ether oxygens (including phenoxy) is 1. The molecule has 0 unspecified atom stereocenters. The van der Waals surface area contributed by atoms with Crippen LogP contribution in [-0.4, -0.2) is 16.8 Å². The molecule has 22 heavy (non-hydrogen) atoms. The molecule has 0 radical (unpaired) electrons. The number of hydrogen-bond donors (Lipinski definition) is 2. The minimum absolute atomic E-state index is 0.121. The van der Waals surface area contributed by atoms with E-state index in [9.17, 15) is 14.3 Å². The summed E-state index contributed by atoms with van der Waals surface area (Å²) >= 11 is 0. The molecule has 4 nitrogen and oxygen atoms in total. The van der Waals surface area contributed by atoms with Crippen molar-refractivity contribution in [1.29, 1.82) is 0 Å². The van der Waals surface area contributed by atoms with Crippen LogP contribution in [0.5, 0.6) is 5.75 Å². The fourth-order valence-electron chi connectivity index (χ4n) is 1.89. The molecule has 2 aromatic carbocycles. The molecule has 0 atom stereocenters. The third kappa shape index (κ3) is 4.22. The lowest BCUT2D eigenvalue weighted by atomic mass is 10.0. The van der Waals surface area contributed by atoms with E-state index in [1.165, 1.54) is 12.1 Å². The van der Waals surface area contributed by atoms with Gasteiger partial charge in [0.1, 0.15) is 17.2 Å². The Labute approximate surface area is 128 Å². The summed E-state index contributed by atoms with van der Waals surface area (Å²) in [5.41, 5.74) is 1.00. The number of benzene rings is 2. The fraction of sp³-hybridized carbons (Fsp3) is 0.235. The number of phenols is 1. The van der Waals surface area contributed by atoms with E-state index >= 15 is 0 Å². The Morgan fingerprint density at radius 3 is 2.32 bits per heavy atom. The fourth-order valence-corrected chi connectivity index (χ4v) is 1.89. The van der Waals surface area contributed by atoms with Gasteiger partial charge in [-0.25, -0.2) is 9.18 Å². The molecule has 0 fully saturated rings. The Balaban J connectivity index is 2.12. The van der Waals surface area contributed by atoms with E-state index in [1.807, 2.05) is 0 Å². The molecule has 5 heteroatoms. The molecule has 0 bridgehead atoms. The average molecular weight is 303 g/mol. The lowest BCUT2D eigenvalue weighted by molar-refractivity contribution is 0.0636. The number of phenolic OH excluding ortho intramolecular Hbond substituents is 1. The van der Waals surface area contributed by atoms with Gasteiger partial charge in [-0.3, -0.25) is 5.32 Å². The van der Waals surface area contributed by atoms with Gasteiger partial charge in [-0.15, -0.1) is 0 Å². The van der Waals surface area contributed by atoms with Crippen LogP contribution in [0.3, 0.4) is 0 Å². The van der Waals surface area contributed by atoms with Crippen molar-refractivity contribution in [2.75, 3.05) is 5.32 Å². The van der Waals surface area contributed by atoms with Gasteiger partial charge >= 0.3 is 6.09 Å². The van der Waals surface area contributed by atoms with E-state index in [1.54, 1.807) is 45.0 Å². The first-order valence-corrected chi connectivity index (χ1v) is 6.83. The Morgan fingerprint density at radius 2 is 1.77 bits per heavy atom. The van der Waals surface area contributed by atoms with Crippen molar-refractivity contribution < 1.29 is 19.0 Å². The van der Waals surface area contributed by atoms with Gasteiger partial charge in [-0.2, -0.15) is 0 Å². The number of rotatable bonds is 2. The molecule has 0 aliphatic heterocycles. The molecule has 0 aliphatic carbocycles. The van der Waals surface area contributed by atoms with E-state index in [-0.39, 0.29) is 5.75 Å². The zero-order valence-corrected chi connectivity index (χ0v) is 12.7. The molecular formula is C17H18FNO3. The van der Waals surface area contributed by atoms with Gasteiger partial charge in [0.05, 0.1) is 0 Å². The Hall–Kier alpha value is -2.56. The van der Waals surface area contributed by atoms with Gasteiger partial charge in [-0.05, 0) is 50.6 Å². The predicted molar refractivity (Wildman–Crippen MR) is 83.4 cm³/mol. The SMILES string of the molecule is CC(C)(C)OC(=O)Nc1ccc(-c2ccc(O)cc2F)cc1.